The fourth-order valence-corrected chi connectivity index (χ4v) is 4.66. The van der Waals surface area contributed by atoms with Crippen LogP contribution in [-0.4, -0.2) is 41.8 Å². The molecule has 1 amide bonds. The molecule has 0 N–H and O–H groups in total. The third kappa shape index (κ3) is 7.17. The van der Waals surface area contributed by atoms with E-state index in [2.05, 4.69) is 0 Å². The van der Waals surface area contributed by atoms with Crippen molar-refractivity contribution in [3.05, 3.63) is 102 Å². The fraction of sp³-hybridized carbons (Fsp3) is 0.303. The number of hydroxylamine groups is 2. The second kappa shape index (κ2) is 12.2. The van der Waals surface area contributed by atoms with Crippen molar-refractivity contribution in [1.82, 2.24) is 5.06 Å². The molecule has 0 bridgehead atoms. The number of amides is 1. The van der Waals surface area contributed by atoms with E-state index in [1.54, 1.807) is 33.8 Å². The molecule has 1 fully saturated rings. The van der Waals surface area contributed by atoms with Crippen molar-refractivity contribution in [2.45, 2.75) is 46.1 Å². The van der Waals surface area contributed by atoms with Gasteiger partial charge < -0.3 is 14.3 Å². The van der Waals surface area contributed by atoms with Gasteiger partial charge in [-0.3, -0.25) is 0 Å². The minimum absolute atomic E-state index is 0.0132. The summed E-state index contributed by atoms with van der Waals surface area (Å²) in [7, 11) is 0. The third-order valence-corrected chi connectivity index (χ3v) is 6.48. The first-order valence-electron chi connectivity index (χ1n) is 13.4. The number of benzene rings is 3. The minimum Gasteiger partial charge on any atom is -0.463 e. The molecule has 1 aliphatic rings. The van der Waals surface area contributed by atoms with Crippen molar-refractivity contribution < 1.29 is 28.7 Å². The highest BCUT2D eigenvalue weighted by atomic mass is 16.8. The number of carbonyl (C=O) groups excluding carboxylic acids is 3. The standard InChI is InChI=1S/C33H35NO6/c1-5-38-29(35)28(20-24-12-8-6-9-13-24)22-33(23-34(40-30(33)36)31(37)39-32(2,3)4)21-25-16-18-27(19-17-25)26-14-10-7-11-15-26/h6-20H,5,21-23H2,1-4H3/b28-20+/t33-/m0/s1. The van der Waals surface area contributed by atoms with Gasteiger partial charge in [0.2, 0.25) is 0 Å². The zero-order valence-electron chi connectivity index (χ0n) is 23.4. The molecule has 1 heterocycles. The van der Waals surface area contributed by atoms with E-state index < -0.39 is 29.0 Å². The van der Waals surface area contributed by atoms with Gasteiger partial charge >= 0.3 is 18.0 Å². The Kier molecular flexibility index (Phi) is 8.73. The SMILES string of the molecule is CCOC(=O)/C(=C/c1ccccc1)C[C@@]1(Cc2ccc(-c3ccccc3)cc2)CN(C(=O)OC(C)(C)C)OC1=O. The van der Waals surface area contributed by atoms with Gasteiger partial charge in [0.1, 0.15) is 5.60 Å². The largest absolute Gasteiger partial charge is 0.463 e. The van der Waals surface area contributed by atoms with E-state index in [1.165, 1.54) is 0 Å². The Labute approximate surface area is 235 Å². The molecule has 1 aliphatic heterocycles. The van der Waals surface area contributed by atoms with Gasteiger partial charge in [-0.2, -0.15) is 0 Å². The van der Waals surface area contributed by atoms with Crippen LogP contribution in [0.5, 0.6) is 0 Å². The second-order valence-corrected chi connectivity index (χ2v) is 10.9. The van der Waals surface area contributed by atoms with Crippen LogP contribution < -0.4 is 0 Å². The lowest BCUT2D eigenvalue weighted by atomic mass is 9.76. The Bertz CT molecular complexity index is 1360. The lowest BCUT2D eigenvalue weighted by Crippen LogP contribution is -2.38. The van der Waals surface area contributed by atoms with Crippen LogP contribution in [0.2, 0.25) is 0 Å². The normalized spacial score (nSPS) is 17.4. The molecular weight excluding hydrogens is 506 g/mol. The molecule has 0 unspecified atom stereocenters. The van der Waals surface area contributed by atoms with Crippen LogP contribution in [-0.2, 0) is 30.3 Å². The number of nitrogens with zero attached hydrogens (tertiary/aromatic N) is 1. The molecule has 0 radical (unpaired) electrons. The first kappa shape index (κ1) is 28.6. The molecule has 4 rings (SSSR count). The molecule has 0 aromatic heterocycles. The van der Waals surface area contributed by atoms with Crippen molar-refractivity contribution in [3.63, 3.8) is 0 Å². The Hall–Kier alpha value is -4.39. The van der Waals surface area contributed by atoms with Gasteiger partial charge in [0.15, 0.2) is 0 Å². The van der Waals surface area contributed by atoms with E-state index in [0.29, 0.717) is 5.57 Å². The number of carbonyl (C=O) groups is 3. The maximum absolute atomic E-state index is 13.6. The van der Waals surface area contributed by atoms with Crippen LogP contribution in [0.25, 0.3) is 17.2 Å². The predicted molar refractivity (Wildman–Crippen MR) is 153 cm³/mol. The van der Waals surface area contributed by atoms with E-state index in [1.807, 2.05) is 84.9 Å². The summed E-state index contributed by atoms with van der Waals surface area (Å²) >= 11 is 0. The van der Waals surface area contributed by atoms with Crippen molar-refractivity contribution >= 4 is 24.1 Å². The van der Waals surface area contributed by atoms with Crippen LogP contribution in [0.3, 0.4) is 0 Å². The van der Waals surface area contributed by atoms with Crippen molar-refractivity contribution in [2.75, 3.05) is 13.2 Å². The Balaban J connectivity index is 1.70. The Morgan fingerprint density at radius 2 is 1.52 bits per heavy atom. The summed E-state index contributed by atoms with van der Waals surface area (Å²) in [6.07, 6.45) is 1.22. The fourth-order valence-electron chi connectivity index (χ4n) is 4.66. The van der Waals surface area contributed by atoms with Crippen LogP contribution in [0, 0.1) is 5.41 Å². The van der Waals surface area contributed by atoms with Crippen LogP contribution in [0.4, 0.5) is 4.79 Å². The number of esters is 1. The van der Waals surface area contributed by atoms with Gasteiger partial charge in [-0.15, -0.1) is 5.06 Å². The Morgan fingerprint density at radius 1 is 0.925 bits per heavy atom. The first-order chi connectivity index (χ1) is 19.1. The lowest BCUT2D eigenvalue weighted by Gasteiger charge is -2.26. The summed E-state index contributed by atoms with van der Waals surface area (Å²) in [6.45, 7) is 7.07. The highest BCUT2D eigenvalue weighted by Gasteiger charge is 2.52. The molecule has 1 saturated heterocycles. The lowest BCUT2D eigenvalue weighted by molar-refractivity contribution is -0.169. The topological polar surface area (TPSA) is 82.1 Å². The number of rotatable bonds is 8. The quantitative estimate of drug-likeness (QED) is 0.235. The summed E-state index contributed by atoms with van der Waals surface area (Å²) in [4.78, 5) is 45.0. The molecule has 208 valence electrons. The van der Waals surface area contributed by atoms with E-state index >= 15 is 0 Å². The molecule has 0 saturated carbocycles. The van der Waals surface area contributed by atoms with Crippen molar-refractivity contribution in [1.29, 1.82) is 0 Å². The third-order valence-electron chi connectivity index (χ3n) is 6.48. The zero-order chi connectivity index (χ0) is 28.8. The molecule has 40 heavy (non-hydrogen) atoms. The van der Waals surface area contributed by atoms with Gasteiger partial charge in [-0.1, -0.05) is 84.9 Å². The van der Waals surface area contributed by atoms with E-state index in [0.717, 1.165) is 27.3 Å². The molecule has 3 aromatic carbocycles. The molecule has 3 aromatic rings. The van der Waals surface area contributed by atoms with E-state index in [9.17, 15) is 14.4 Å². The highest BCUT2D eigenvalue weighted by molar-refractivity contribution is 5.95. The van der Waals surface area contributed by atoms with Gasteiger partial charge in [-0.25, -0.2) is 14.4 Å². The number of hydrogen-bond acceptors (Lipinski definition) is 6. The first-order valence-corrected chi connectivity index (χ1v) is 13.4. The molecule has 7 heteroatoms. The maximum Gasteiger partial charge on any atom is 0.443 e. The summed E-state index contributed by atoms with van der Waals surface area (Å²) < 4.78 is 10.8. The van der Waals surface area contributed by atoms with E-state index in [-0.39, 0.29) is 26.0 Å². The molecule has 1 atom stereocenters. The molecule has 0 spiro atoms. The smallest absolute Gasteiger partial charge is 0.443 e. The maximum atomic E-state index is 13.6. The molecule has 7 nitrogen and oxygen atoms in total. The van der Waals surface area contributed by atoms with Crippen LogP contribution in [0.1, 0.15) is 45.2 Å². The average Bonchev–Trinajstić information content (AvgIpc) is 3.24. The van der Waals surface area contributed by atoms with E-state index in [4.69, 9.17) is 14.3 Å². The van der Waals surface area contributed by atoms with Crippen LogP contribution >= 0.6 is 0 Å². The monoisotopic (exact) mass is 541 g/mol. The van der Waals surface area contributed by atoms with Gasteiger partial charge in [0.05, 0.1) is 18.6 Å². The second-order valence-electron chi connectivity index (χ2n) is 10.9. The zero-order valence-corrected chi connectivity index (χ0v) is 23.4. The number of hydrogen-bond donors (Lipinski definition) is 0. The average molecular weight is 542 g/mol. The van der Waals surface area contributed by atoms with Crippen LogP contribution in [0.15, 0.2) is 90.5 Å². The van der Waals surface area contributed by atoms with Gasteiger partial charge in [-0.05, 0) is 68.9 Å². The number of ether oxygens (including phenoxy) is 2. The minimum atomic E-state index is -1.24. The highest BCUT2D eigenvalue weighted by Crippen LogP contribution is 2.40. The molecular formula is C33H35NO6. The van der Waals surface area contributed by atoms with Gasteiger partial charge in [0, 0.05) is 5.57 Å². The molecule has 0 aliphatic carbocycles. The van der Waals surface area contributed by atoms with Crippen molar-refractivity contribution in [2.24, 2.45) is 5.41 Å². The predicted octanol–water partition coefficient (Wildman–Crippen LogP) is 6.63. The summed E-state index contributed by atoms with van der Waals surface area (Å²) in [5.41, 5.74) is 2.09. The summed E-state index contributed by atoms with van der Waals surface area (Å²) in [5.74, 6) is -1.12. The summed E-state index contributed by atoms with van der Waals surface area (Å²) in [6, 6.07) is 27.3. The Morgan fingerprint density at radius 3 is 2.12 bits per heavy atom. The summed E-state index contributed by atoms with van der Waals surface area (Å²) in [5, 5.41) is 0.956. The van der Waals surface area contributed by atoms with Crippen molar-refractivity contribution in [3.8, 4) is 11.1 Å². The van der Waals surface area contributed by atoms with Gasteiger partial charge in [0.25, 0.3) is 0 Å².